The Hall–Kier alpha value is -1.00. The lowest BCUT2D eigenvalue weighted by atomic mass is 10.3. The van der Waals surface area contributed by atoms with Crippen LogP contribution in [0.5, 0.6) is 0 Å². The number of aryl methyl sites for hydroxylation is 1. The van der Waals surface area contributed by atoms with Crippen LogP contribution in [0, 0.1) is 6.92 Å². The Kier molecular flexibility index (Phi) is 5.51. The second kappa shape index (κ2) is 6.67. The van der Waals surface area contributed by atoms with Crippen molar-refractivity contribution in [1.29, 1.82) is 0 Å². The van der Waals surface area contributed by atoms with Crippen LogP contribution in [0.3, 0.4) is 0 Å². The zero-order chi connectivity index (χ0) is 12.8. The average molecular weight is 259 g/mol. The summed E-state index contributed by atoms with van der Waals surface area (Å²) in [4.78, 5) is 15.4. The number of hydrogen-bond acceptors (Lipinski definition) is 3. The lowest BCUT2D eigenvalue weighted by Crippen LogP contribution is -2.36. The van der Waals surface area contributed by atoms with Crippen LogP contribution in [0.25, 0.3) is 0 Å². The maximum absolute atomic E-state index is 11.7. The van der Waals surface area contributed by atoms with Crippen LogP contribution in [-0.4, -0.2) is 48.8 Å². The van der Waals surface area contributed by atoms with Crippen molar-refractivity contribution in [1.82, 2.24) is 9.80 Å². The van der Waals surface area contributed by atoms with E-state index < -0.39 is 0 Å². The fraction of sp³-hybridized carbons (Fsp3) is 0.583. The molecular formula is C12H19ClN2O2. The van der Waals surface area contributed by atoms with Crippen LogP contribution < -0.4 is 0 Å². The van der Waals surface area contributed by atoms with E-state index in [0.29, 0.717) is 13.1 Å². The molecule has 0 bridgehead atoms. The highest BCUT2D eigenvalue weighted by molar-refractivity contribution is 6.27. The summed E-state index contributed by atoms with van der Waals surface area (Å²) in [6, 6.07) is 3.78. The third-order valence-electron chi connectivity index (χ3n) is 2.43. The molecule has 0 aliphatic rings. The lowest BCUT2D eigenvalue weighted by Gasteiger charge is -2.22. The van der Waals surface area contributed by atoms with Gasteiger partial charge in [-0.1, -0.05) is 0 Å². The van der Waals surface area contributed by atoms with Gasteiger partial charge in [0.1, 0.15) is 17.4 Å². The number of hydrogen-bond donors (Lipinski definition) is 0. The van der Waals surface area contributed by atoms with Crippen LogP contribution >= 0.6 is 11.6 Å². The van der Waals surface area contributed by atoms with Crippen LogP contribution in [0.2, 0.25) is 0 Å². The van der Waals surface area contributed by atoms with Crippen molar-refractivity contribution in [2.24, 2.45) is 0 Å². The van der Waals surface area contributed by atoms with Crippen molar-refractivity contribution >= 4 is 17.5 Å². The lowest BCUT2D eigenvalue weighted by molar-refractivity contribution is -0.129. The van der Waals surface area contributed by atoms with E-state index in [4.69, 9.17) is 16.0 Å². The molecule has 1 amide bonds. The van der Waals surface area contributed by atoms with E-state index in [1.807, 2.05) is 38.1 Å². The Balaban J connectivity index is 2.60. The van der Waals surface area contributed by atoms with Gasteiger partial charge >= 0.3 is 0 Å². The minimum absolute atomic E-state index is 0.00706. The highest BCUT2D eigenvalue weighted by Gasteiger charge is 2.14. The Morgan fingerprint density at radius 3 is 2.53 bits per heavy atom. The SMILES string of the molecule is Cc1ccc(CN(CCN(C)C)C(=O)CCl)o1. The summed E-state index contributed by atoms with van der Waals surface area (Å²) in [5.74, 6) is 1.58. The highest BCUT2D eigenvalue weighted by Crippen LogP contribution is 2.10. The van der Waals surface area contributed by atoms with Crippen molar-refractivity contribution in [3.8, 4) is 0 Å². The molecule has 0 N–H and O–H groups in total. The van der Waals surface area contributed by atoms with Gasteiger partial charge in [0.25, 0.3) is 0 Å². The molecular weight excluding hydrogens is 240 g/mol. The topological polar surface area (TPSA) is 36.7 Å². The Morgan fingerprint density at radius 2 is 2.06 bits per heavy atom. The summed E-state index contributed by atoms with van der Waals surface area (Å²) in [7, 11) is 3.95. The minimum Gasteiger partial charge on any atom is -0.464 e. The number of amides is 1. The number of carbonyl (C=O) groups excluding carboxylic acids is 1. The summed E-state index contributed by atoms with van der Waals surface area (Å²) in [6.07, 6.45) is 0. The monoisotopic (exact) mass is 258 g/mol. The summed E-state index contributed by atoms with van der Waals surface area (Å²) in [5.41, 5.74) is 0. The first-order chi connectivity index (χ1) is 8.02. The van der Waals surface area contributed by atoms with Crippen molar-refractivity contribution in [2.75, 3.05) is 33.1 Å². The molecule has 0 atom stereocenters. The quantitative estimate of drug-likeness (QED) is 0.729. The molecule has 0 saturated carbocycles. The number of likely N-dealkylation sites (N-methyl/N-ethyl adjacent to an activating group) is 1. The molecule has 17 heavy (non-hydrogen) atoms. The van der Waals surface area contributed by atoms with Crippen molar-refractivity contribution < 1.29 is 9.21 Å². The van der Waals surface area contributed by atoms with Gasteiger partial charge in [0, 0.05) is 13.1 Å². The second-order valence-corrected chi connectivity index (χ2v) is 4.53. The molecule has 0 radical (unpaired) electrons. The minimum atomic E-state index is -0.0671. The summed E-state index contributed by atoms with van der Waals surface area (Å²) >= 11 is 5.60. The second-order valence-electron chi connectivity index (χ2n) is 4.26. The predicted octanol–water partition coefficient (Wildman–Crippen LogP) is 1.72. The molecule has 1 aromatic heterocycles. The van der Waals surface area contributed by atoms with Crippen LogP contribution in [-0.2, 0) is 11.3 Å². The average Bonchev–Trinajstić information content (AvgIpc) is 2.68. The van der Waals surface area contributed by atoms with E-state index in [2.05, 4.69) is 0 Å². The van der Waals surface area contributed by atoms with Crippen molar-refractivity contribution in [2.45, 2.75) is 13.5 Å². The predicted molar refractivity (Wildman–Crippen MR) is 68.1 cm³/mol. The van der Waals surface area contributed by atoms with Crippen LogP contribution in [0.1, 0.15) is 11.5 Å². The Morgan fingerprint density at radius 1 is 1.35 bits per heavy atom. The third-order valence-corrected chi connectivity index (χ3v) is 2.66. The Labute approximate surface area is 107 Å². The van der Waals surface area contributed by atoms with Crippen molar-refractivity contribution in [3.05, 3.63) is 23.7 Å². The third kappa shape index (κ3) is 4.79. The molecule has 0 aromatic carbocycles. The van der Waals surface area contributed by atoms with E-state index in [1.54, 1.807) is 4.90 Å². The zero-order valence-electron chi connectivity index (χ0n) is 10.6. The molecule has 0 unspecified atom stereocenters. The standard InChI is InChI=1S/C12H19ClN2O2/c1-10-4-5-11(17-10)9-15(12(16)8-13)7-6-14(2)3/h4-5H,6-9H2,1-3H3. The number of nitrogens with zero attached hydrogens (tertiary/aromatic N) is 2. The molecule has 0 saturated heterocycles. The van der Waals surface area contributed by atoms with Gasteiger partial charge in [-0.05, 0) is 33.2 Å². The summed E-state index contributed by atoms with van der Waals surface area (Å²) < 4.78 is 5.46. The number of halogens is 1. The van der Waals surface area contributed by atoms with E-state index >= 15 is 0 Å². The molecule has 0 aliphatic heterocycles. The fourth-order valence-electron chi connectivity index (χ4n) is 1.46. The van der Waals surface area contributed by atoms with Crippen molar-refractivity contribution in [3.63, 3.8) is 0 Å². The molecule has 1 aromatic rings. The molecule has 1 rings (SSSR count). The van der Waals surface area contributed by atoms with Crippen LogP contribution in [0.4, 0.5) is 0 Å². The number of rotatable bonds is 6. The highest BCUT2D eigenvalue weighted by atomic mass is 35.5. The van der Waals surface area contributed by atoms with Gasteiger partial charge in [0.15, 0.2) is 0 Å². The number of alkyl halides is 1. The largest absolute Gasteiger partial charge is 0.464 e. The summed E-state index contributed by atoms with van der Waals surface area (Å²) in [6.45, 7) is 3.82. The van der Waals surface area contributed by atoms with Gasteiger partial charge in [0.05, 0.1) is 6.54 Å². The van der Waals surface area contributed by atoms with Crippen LogP contribution in [0.15, 0.2) is 16.5 Å². The number of furan rings is 1. The van der Waals surface area contributed by atoms with Gasteiger partial charge in [-0.25, -0.2) is 0 Å². The Bertz CT molecular complexity index is 363. The molecule has 4 nitrogen and oxygen atoms in total. The van der Waals surface area contributed by atoms with Gasteiger partial charge in [0.2, 0.25) is 5.91 Å². The smallest absolute Gasteiger partial charge is 0.237 e. The van der Waals surface area contributed by atoms with E-state index in [0.717, 1.165) is 18.1 Å². The van der Waals surface area contributed by atoms with E-state index in [1.165, 1.54) is 0 Å². The van der Waals surface area contributed by atoms with Gasteiger partial charge in [-0.2, -0.15) is 0 Å². The molecule has 0 fully saturated rings. The maximum Gasteiger partial charge on any atom is 0.237 e. The normalized spacial score (nSPS) is 10.9. The fourth-order valence-corrected chi connectivity index (χ4v) is 1.62. The first-order valence-electron chi connectivity index (χ1n) is 5.56. The molecule has 0 aliphatic carbocycles. The first-order valence-corrected chi connectivity index (χ1v) is 6.10. The molecule has 0 spiro atoms. The van der Waals surface area contributed by atoms with Gasteiger partial charge < -0.3 is 14.2 Å². The molecule has 96 valence electrons. The number of carbonyl (C=O) groups is 1. The first kappa shape index (κ1) is 14.1. The van der Waals surface area contributed by atoms with E-state index in [-0.39, 0.29) is 11.8 Å². The molecule has 5 heteroatoms. The van der Waals surface area contributed by atoms with Gasteiger partial charge in [-0.15, -0.1) is 11.6 Å². The summed E-state index contributed by atoms with van der Waals surface area (Å²) in [5, 5.41) is 0. The maximum atomic E-state index is 11.7. The van der Waals surface area contributed by atoms with E-state index in [9.17, 15) is 4.79 Å². The zero-order valence-corrected chi connectivity index (χ0v) is 11.3. The molecule has 1 heterocycles. The van der Waals surface area contributed by atoms with Gasteiger partial charge in [-0.3, -0.25) is 4.79 Å².